The van der Waals surface area contributed by atoms with Gasteiger partial charge in [0.25, 0.3) is 0 Å². The molecule has 0 radical (unpaired) electrons. The van der Waals surface area contributed by atoms with E-state index in [0.29, 0.717) is 10.6 Å². The van der Waals surface area contributed by atoms with Crippen LogP contribution in [0.15, 0.2) is 18.2 Å². The number of rotatable bonds is 3. The molecular weight excluding hydrogens is 259 g/mol. The van der Waals surface area contributed by atoms with E-state index >= 15 is 0 Å². The standard InChI is InChI=1S/C13H14ClFOS/c14-11-5-4-10(15)7-9(11)8-12(16)13-3-1-2-6-17-13/h4-5,7,13H,1-3,6,8H2. The summed E-state index contributed by atoms with van der Waals surface area (Å²) in [6.45, 7) is 0. The molecule has 92 valence electrons. The van der Waals surface area contributed by atoms with Crippen molar-refractivity contribution in [2.24, 2.45) is 0 Å². The summed E-state index contributed by atoms with van der Waals surface area (Å²) in [7, 11) is 0. The molecule has 17 heavy (non-hydrogen) atoms. The van der Waals surface area contributed by atoms with Crippen molar-refractivity contribution in [3.8, 4) is 0 Å². The molecule has 2 rings (SSSR count). The van der Waals surface area contributed by atoms with E-state index in [1.165, 1.54) is 24.6 Å². The second-order valence-electron chi connectivity index (χ2n) is 4.23. The summed E-state index contributed by atoms with van der Waals surface area (Å²) in [6.07, 6.45) is 3.49. The normalized spacial score (nSPS) is 20.2. The Kier molecular flexibility index (Phi) is 4.46. The number of ketones is 1. The number of carbonyl (C=O) groups is 1. The average Bonchev–Trinajstić information content (AvgIpc) is 2.35. The van der Waals surface area contributed by atoms with Gasteiger partial charge < -0.3 is 0 Å². The molecule has 1 aliphatic rings. The van der Waals surface area contributed by atoms with E-state index in [-0.39, 0.29) is 23.3 Å². The first-order chi connectivity index (χ1) is 8.16. The minimum Gasteiger partial charge on any atom is -0.298 e. The van der Waals surface area contributed by atoms with Crippen LogP contribution >= 0.6 is 23.4 Å². The Morgan fingerprint density at radius 2 is 2.29 bits per heavy atom. The second-order valence-corrected chi connectivity index (χ2v) is 5.95. The minimum absolute atomic E-state index is 0.0723. The Bertz CT molecular complexity index is 416. The van der Waals surface area contributed by atoms with Crippen LogP contribution < -0.4 is 0 Å². The van der Waals surface area contributed by atoms with Crippen molar-refractivity contribution in [2.45, 2.75) is 30.9 Å². The Hall–Kier alpha value is -0.540. The zero-order chi connectivity index (χ0) is 12.3. The zero-order valence-corrected chi connectivity index (χ0v) is 11.0. The molecule has 1 fully saturated rings. The number of carbonyl (C=O) groups excluding carboxylic acids is 1. The molecule has 1 aliphatic heterocycles. The van der Waals surface area contributed by atoms with Crippen LogP contribution in [0, 0.1) is 5.82 Å². The zero-order valence-electron chi connectivity index (χ0n) is 9.42. The highest BCUT2D eigenvalue weighted by Gasteiger charge is 2.22. The molecule has 1 atom stereocenters. The maximum Gasteiger partial charge on any atom is 0.150 e. The van der Waals surface area contributed by atoms with Crippen molar-refractivity contribution in [3.05, 3.63) is 34.6 Å². The summed E-state index contributed by atoms with van der Waals surface area (Å²) in [5.74, 6) is 0.878. The van der Waals surface area contributed by atoms with Crippen LogP contribution in [0.2, 0.25) is 5.02 Å². The highest BCUT2D eigenvalue weighted by atomic mass is 35.5. The Morgan fingerprint density at radius 3 is 3.00 bits per heavy atom. The number of thioether (sulfide) groups is 1. The van der Waals surface area contributed by atoms with E-state index < -0.39 is 0 Å². The third-order valence-corrected chi connectivity index (χ3v) is 4.71. The van der Waals surface area contributed by atoms with Gasteiger partial charge in [0, 0.05) is 11.4 Å². The van der Waals surface area contributed by atoms with Gasteiger partial charge >= 0.3 is 0 Å². The molecule has 1 aromatic carbocycles. The quantitative estimate of drug-likeness (QED) is 0.831. The van der Waals surface area contributed by atoms with Crippen molar-refractivity contribution in [1.82, 2.24) is 0 Å². The number of hydrogen-bond acceptors (Lipinski definition) is 2. The first-order valence-corrected chi connectivity index (χ1v) is 7.18. The Morgan fingerprint density at radius 1 is 1.47 bits per heavy atom. The summed E-state index contributed by atoms with van der Waals surface area (Å²) in [4.78, 5) is 12.0. The van der Waals surface area contributed by atoms with Gasteiger partial charge in [0.2, 0.25) is 0 Å². The van der Waals surface area contributed by atoms with Gasteiger partial charge in [-0.15, -0.1) is 0 Å². The van der Waals surface area contributed by atoms with Crippen molar-refractivity contribution >= 4 is 29.1 Å². The molecule has 4 heteroatoms. The van der Waals surface area contributed by atoms with E-state index in [9.17, 15) is 9.18 Å². The van der Waals surface area contributed by atoms with Gasteiger partial charge in [-0.2, -0.15) is 11.8 Å². The van der Waals surface area contributed by atoms with Crippen LogP contribution in [-0.2, 0) is 11.2 Å². The third kappa shape index (κ3) is 3.46. The third-order valence-electron chi connectivity index (χ3n) is 2.91. The lowest BCUT2D eigenvalue weighted by atomic mass is 10.0. The highest BCUT2D eigenvalue weighted by Crippen LogP contribution is 2.27. The average molecular weight is 273 g/mol. The van der Waals surface area contributed by atoms with E-state index in [2.05, 4.69) is 0 Å². The van der Waals surface area contributed by atoms with Crippen molar-refractivity contribution < 1.29 is 9.18 Å². The van der Waals surface area contributed by atoms with Gasteiger partial charge in [0.05, 0.1) is 5.25 Å². The summed E-state index contributed by atoms with van der Waals surface area (Å²) in [6, 6.07) is 4.17. The van der Waals surface area contributed by atoms with E-state index in [0.717, 1.165) is 18.6 Å². The van der Waals surface area contributed by atoms with Crippen molar-refractivity contribution in [1.29, 1.82) is 0 Å². The molecule has 0 bridgehead atoms. The van der Waals surface area contributed by atoms with Gasteiger partial charge in [0.15, 0.2) is 0 Å². The molecule has 1 unspecified atom stereocenters. The van der Waals surface area contributed by atoms with Crippen LogP contribution in [0.1, 0.15) is 24.8 Å². The predicted octanol–water partition coefficient (Wildman–Crippen LogP) is 3.88. The molecule has 1 nitrogen and oxygen atoms in total. The predicted molar refractivity (Wildman–Crippen MR) is 70.2 cm³/mol. The maximum absolute atomic E-state index is 13.1. The molecule has 1 saturated heterocycles. The lowest BCUT2D eigenvalue weighted by Crippen LogP contribution is -2.22. The summed E-state index contributed by atoms with van der Waals surface area (Å²) in [5, 5.41) is 0.545. The van der Waals surface area contributed by atoms with Crippen LogP contribution in [-0.4, -0.2) is 16.8 Å². The Labute approximate surface area is 110 Å². The fourth-order valence-electron chi connectivity index (χ4n) is 1.97. The molecular formula is C13H14ClFOS. The first-order valence-electron chi connectivity index (χ1n) is 5.75. The van der Waals surface area contributed by atoms with E-state index in [1.807, 2.05) is 0 Å². The number of Topliss-reactive ketones (excluding diaryl/α,β-unsaturated/α-hetero) is 1. The fraction of sp³-hybridized carbons (Fsp3) is 0.462. The van der Waals surface area contributed by atoms with Gasteiger partial charge in [0.1, 0.15) is 11.6 Å². The number of hydrogen-bond donors (Lipinski definition) is 0. The van der Waals surface area contributed by atoms with Gasteiger partial charge in [-0.05, 0) is 42.4 Å². The highest BCUT2D eigenvalue weighted by molar-refractivity contribution is 8.00. The van der Waals surface area contributed by atoms with Gasteiger partial charge in [-0.3, -0.25) is 4.79 Å². The van der Waals surface area contributed by atoms with E-state index in [1.54, 1.807) is 11.8 Å². The lowest BCUT2D eigenvalue weighted by Gasteiger charge is -2.20. The van der Waals surface area contributed by atoms with Crippen molar-refractivity contribution in [2.75, 3.05) is 5.75 Å². The summed E-state index contributed by atoms with van der Waals surface area (Å²) < 4.78 is 13.1. The molecule has 1 heterocycles. The minimum atomic E-state index is -0.339. The molecule has 0 N–H and O–H groups in total. The van der Waals surface area contributed by atoms with Crippen LogP contribution in [0.5, 0.6) is 0 Å². The largest absolute Gasteiger partial charge is 0.298 e. The smallest absolute Gasteiger partial charge is 0.150 e. The lowest BCUT2D eigenvalue weighted by molar-refractivity contribution is -0.118. The number of halogens is 2. The molecule has 0 amide bonds. The van der Waals surface area contributed by atoms with Crippen LogP contribution in [0.4, 0.5) is 4.39 Å². The topological polar surface area (TPSA) is 17.1 Å². The summed E-state index contributed by atoms with van der Waals surface area (Å²) >= 11 is 7.67. The maximum atomic E-state index is 13.1. The van der Waals surface area contributed by atoms with Gasteiger partial charge in [-0.1, -0.05) is 18.0 Å². The van der Waals surface area contributed by atoms with Crippen LogP contribution in [0.25, 0.3) is 0 Å². The van der Waals surface area contributed by atoms with Gasteiger partial charge in [-0.25, -0.2) is 4.39 Å². The molecule has 0 aliphatic carbocycles. The van der Waals surface area contributed by atoms with Crippen molar-refractivity contribution in [3.63, 3.8) is 0 Å². The molecule has 1 aromatic rings. The molecule has 0 aromatic heterocycles. The second kappa shape index (κ2) is 5.87. The van der Waals surface area contributed by atoms with Crippen LogP contribution in [0.3, 0.4) is 0 Å². The van der Waals surface area contributed by atoms with E-state index in [4.69, 9.17) is 11.6 Å². The first kappa shape index (κ1) is 12.9. The Balaban J connectivity index is 2.04. The SMILES string of the molecule is O=C(Cc1cc(F)ccc1Cl)C1CCCCS1. The molecule has 0 spiro atoms. The monoisotopic (exact) mass is 272 g/mol. The molecule has 0 saturated carbocycles. The summed E-state index contributed by atoms with van der Waals surface area (Å²) in [5.41, 5.74) is 0.600. The number of benzene rings is 1. The fourth-order valence-corrected chi connectivity index (χ4v) is 3.42.